The molecule has 56 heavy (non-hydrogen) atoms. The summed E-state index contributed by atoms with van der Waals surface area (Å²) in [6.45, 7) is 3.30. The van der Waals surface area contributed by atoms with Gasteiger partial charge in [0.15, 0.2) is 6.04 Å². The summed E-state index contributed by atoms with van der Waals surface area (Å²) in [5.74, 6) is -6.80. The van der Waals surface area contributed by atoms with E-state index in [1.807, 2.05) is 0 Å². The molecule has 0 bridgehead atoms. The van der Waals surface area contributed by atoms with Gasteiger partial charge in [-0.3, -0.25) is 28.8 Å². The summed E-state index contributed by atoms with van der Waals surface area (Å²) in [7, 11) is 0. The highest BCUT2D eigenvalue weighted by Crippen LogP contribution is 2.17. The van der Waals surface area contributed by atoms with E-state index in [1.165, 1.54) is 0 Å². The van der Waals surface area contributed by atoms with Crippen LogP contribution in [0.5, 0.6) is 0 Å². The Balaban J connectivity index is 3.38. The van der Waals surface area contributed by atoms with E-state index >= 15 is 4.39 Å². The third-order valence-electron chi connectivity index (χ3n) is 8.36. The fourth-order valence-electron chi connectivity index (χ4n) is 5.38. The second-order valence-corrected chi connectivity index (χ2v) is 13.9. The SMILES string of the molecule is C[C@@H](O)[C@H](NC(=O)[C@H](CCN)NC(=O)[C@H](CCN)NC(=O)[C@H](CC(C)(C)F)NC(=O)[C@@H](Cc1ccccc1)NC(=O)[C@H](CCN)NC(=O)[C@@H](N)CCN)C(=O)O. The molecule has 20 nitrogen and oxygen atoms in total. The third-order valence-corrected chi connectivity index (χ3v) is 8.36. The van der Waals surface area contributed by atoms with Gasteiger partial charge in [0.25, 0.3) is 0 Å². The molecule has 1 rings (SSSR count). The van der Waals surface area contributed by atoms with Gasteiger partial charge < -0.3 is 70.8 Å². The number of hydrogen-bond acceptors (Lipinski definition) is 13. The first kappa shape index (κ1) is 49.2. The number of carbonyl (C=O) groups excluding carboxylic acids is 6. The number of nitrogens with two attached hydrogens (primary N) is 5. The zero-order chi connectivity index (χ0) is 42.6. The number of nitrogens with one attached hydrogen (secondary N) is 6. The number of halogens is 1. The smallest absolute Gasteiger partial charge is 0.328 e. The van der Waals surface area contributed by atoms with Crippen LogP contribution < -0.4 is 60.6 Å². The van der Waals surface area contributed by atoms with Gasteiger partial charge in [-0.1, -0.05) is 30.3 Å². The molecule has 18 N–H and O–H groups in total. The van der Waals surface area contributed by atoms with E-state index in [4.69, 9.17) is 28.7 Å². The monoisotopic (exact) mass is 797 g/mol. The maximum absolute atomic E-state index is 15.2. The van der Waals surface area contributed by atoms with Crippen LogP contribution in [0.3, 0.4) is 0 Å². The van der Waals surface area contributed by atoms with Crippen molar-refractivity contribution in [1.82, 2.24) is 31.9 Å². The molecular weight excluding hydrogens is 737 g/mol. The number of benzene rings is 1. The van der Waals surface area contributed by atoms with Gasteiger partial charge in [0.1, 0.15) is 35.9 Å². The molecule has 0 aliphatic rings. The summed E-state index contributed by atoms with van der Waals surface area (Å²) >= 11 is 0. The van der Waals surface area contributed by atoms with Crippen molar-refractivity contribution in [2.24, 2.45) is 28.7 Å². The Morgan fingerprint density at radius 1 is 0.625 bits per heavy atom. The van der Waals surface area contributed by atoms with Crippen molar-refractivity contribution in [2.45, 2.75) is 113 Å². The summed E-state index contributed by atoms with van der Waals surface area (Å²) in [5, 5.41) is 33.7. The van der Waals surface area contributed by atoms with E-state index in [9.17, 15) is 43.8 Å². The first-order chi connectivity index (χ1) is 26.3. The summed E-state index contributed by atoms with van der Waals surface area (Å²) in [6, 6.07) is -1.21. The van der Waals surface area contributed by atoms with Crippen LogP contribution in [0.15, 0.2) is 30.3 Å². The molecular formula is C35H60FN11O9. The van der Waals surface area contributed by atoms with Gasteiger partial charge in [-0.05, 0) is 78.2 Å². The Morgan fingerprint density at radius 2 is 1.00 bits per heavy atom. The van der Waals surface area contributed by atoms with E-state index in [-0.39, 0.29) is 58.3 Å². The largest absolute Gasteiger partial charge is 0.480 e. The van der Waals surface area contributed by atoms with Crippen molar-refractivity contribution in [3.63, 3.8) is 0 Å². The third kappa shape index (κ3) is 17.8. The standard InChI is InChI=1S/C35H60FN11O9/c1-19(48)27(34(55)56)47-31(52)24(12-16-40)43-29(50)23(11-15-39)44-33(54)26(18-35(2,3)36)46-32(53)25(17-20-7-5-4-6-8-20)45-30(51)22(10-14-38)42-28(49)21(41)9-13-37/h4-8,19,21-27,48H,9-18,37-41H2,1-3H3,(H,42,49)(H,43,50)(H,44,54)(H,45,51)(H,46,53)(H,47,52)(H,55,56)/t19-,21+,22+,23+,24+,25-,26+,27+/m1/s1. The summed E-state index contributed by atoms with van der Waals surface area (Å²) in [5.41, 5.74) is 26.9. The number of aliphatic carboxylic acids is 1. The van der Waals surface area contributed by atoms with Crippen molar-refractivity contribution >= 4 is 41.4 Å². The van der Waals surface area contributed by atoms with E-state index < -0.39 is 102 Å². The molecule has 0 aromatic heterocycles. The quantitative estimate of drug-likeness (QED) is 0.0420. The van der Waals surface area contributed by atoms with Crippen LogP contribution in [0, 0.1) is 0 Å². The van der Waals surface area contributed by atoms with Gasteiger partial charge in [-0.25, -0.2) is 9.18 Å². The van der Waals surface area contributed by atoms with Gasteiger partial charge >= 0.3 is 5.97 Å². The van der Waals surface area contributed by atoms with Gasteiger partial charge in [0.2, 0.25) is 35.4 Å². The molecule has 0 fully saturated rings. The highest BCUT2D eigenvalue weighted by Gasteiger charge is 2.36. The second kappa shape index (κ2) is 24.7. The predicted molar refractivity (Wildman–Crippen MR) is 204 cm³/mol. The van der Waals surface area contributed by atoms with E-state index in [2.05, 4.69) is 31.9 Å². The second-order valence-electron chi connectivity index (χ2n) is 13.9. The summed E-state index contributed by atoms with van der Waals surface area (Å²) in [6.07, 6.45) is -2.39. The zero-order valence-corrected chi connectivity index (χ0v) is 32.1. The Labute approximate surface area is 325 Å². The van der Waals surface area contributed by atoms with Crippen molar-refractivity contribution < 1.29 is 48.2 Å². The van der Waals surface area contributed by atoms with Gasteiger partial charge in [0.05, 0.1) is 12.1 Å². The van der Waals surface area contributed by atoms with Crippen LogP contribution >= 0.6 is 0 Å². The lowest BCUT2D eigenvalue weighted by Crippen LogP contribution is -2.61. The van der Waals surface area contributed by atoms with Gasteiger partial charge in [0, 0.05) is 12.8 Å². The fourth-order valence-corrected chi connectivity index (χ4v) is 5.38. The minimum Gasteiger partial charge on any atom is -0.480 e. The normalized spacial score (nSPS) is 15.7. The van der Waals surface area contributed by atoms with Crippen LogP contribution in [0.2, 0.25) is 0 Å². The number of rotatable bonds is 26. The Kier molecular flexibility index (Phi) is 21.7. The molecule has 0 aliphatic heterocycles. The van der Waals surface area contributed by atoms with Crippen LogP contribution in [-0.4, -0.2) is 132 Å². The van der Waals surface area contributed by atoms with Crippen LogP contribution in [0.25, 0.3) is 0 Å². The minimum atomic E-state index is -2.05. The highest BCUT2D eigenvalue weighted by molar-refractivity contribution is 5.97. The average molecular weight is 798 g/mol. The molecule has 8 atom stereocenters. The zero-order valence-electron chi connectivity index (χ0n) is 32.1. The molecule has 0 aliphatic carbocycles. The average Bonchev–Trinajstić information content (AvgIpc) is 3.12. The lowest BCUT2D eigenvalue weighted by Gasteiger charge is -2.29. The molecule has 0 spiro atoms. The van der Waals surface area contributed by atoms with Crippen molar-refractivity contribution in [3.05, 3.63) is 35.9 Å². The fraction of sp³-hybridized carbons (Fsp3) is 0.629. The van der Waals surface area contributed by atoms with Crippen LogP contribution in [0.4, 0.5) is 4.39 Å². The van der Waals surface area contributed by atoms with Gasteiger partial charge in [-0.15, -0.1) is 0 Å². The number of hydrogen-bond donors (Lipinski definition) is 13. The molecule has 0 saturated heterocycles. The summed E-state index contributed by atoms with van der Waals surface area (Å²) < 4.78 is 15.2. The number of carboxylic acid groups (broad SMARTS) is 1. The van der Waals surface area contributed by atoms with Crippen molar-refractivity contribution in [2.75, 3.05) is 26.2 Å². The van der Waals surface area contributed by atoms with Crippen molar-refractivity contribution in [1.29, 1.82) is 0 Å². The maximum Gasteiger partial charge on any atom is 0.328 e. The van der Waals surface area contributed by atoms with E-state index in [0.717, 1.165) is 20.8 Å². The lowest BCUT2D eigenvalue weighted by atomic mass is 9.98. The minimum absolute atomic E-state index is 0.0201. The maximum atomic E-state index is 15.2. The van der Waals surface area contributed by atoms with Crippen LogP contribution in [-0.2, 0) is 40.0 Å². The molecule has 0 radical (unpaired) electrons. The van der Waals surface area contributed by atoms with Crippen LogP contribution in [0.1, 0.15) is 58.4 Å². The molecule has 0 saturated carbocycles. The highest BCUT2D eigenvalue weighted by atomic mass is 19.1. The molecule has 21 heteroatoms. The lowest BCUT2D eigenvalue weighted by molar-refractivity contribution is -0.145. The number of amides is 6. The van der Waals surface area contributed by atoms with Gasteiger partial charge in [-0.2, -0.15) is 0 Å². The Bertz CT molecular complexity index is 1450. The first-order valence-corrected chi connectivity index (χ1v) is 18.3. The topological polar surface area (TPSA) is 362 Å². The number of aliphatic hydroxyl groups excluding tert-OH is 1. The molecule has 1 aromatic rings. The molecule has 0 unspecified atom stereocenters. The van der Waals surface area contributed by atoms with E-state index in [0.29, 0.717) is 5.56 Å². The first-order valence-electron chi connectivity index (χ1n) is 18.3. The molecule has 1 aromatic carbocycles. The number of carbonyl (C=O) groups is 7. The van der Waals surface area contributed by atoms with E-state index in [1.54, 1.807) is 30.3 Å². The summed E-state index contributed by atoms with van der Waals surface area (Å²) in [4.78, 5) is 91.6. The number of alkyl halides is 1. The number of carboxylic acids is 1. The Hall–Kier alpha value is -4.80. The molecule has 316 valence electrons. The molecule has 6 amide bonds. The predicted octanol–water partition coefficient (Wildman–Crippen LogP) is -4.54. The Morgan fingerprint density at radius 3 is 1.41 bits per heavy atom. The van der Waals surface area contributed by atoms with Crippen molar-refractivity contribution in [3.8, 4) is 0 Å². The molecule has 0 heterocycles. The number of aliphatic hydroxyl groups is 1.